The molecule has 2 aromatic rings. The molecular formula is C16H19N. The molecule has 1 aromatic heterocycles. The Labute approximate surface area is 103 Å². The first kappa shape index (κ1) is 10.6. The minimum absolute atomic E-state index is 0.228. The van der Waals surface area contributed by atoms with Crippen LogP contribution in [-0.4, -0.2) is 4.98 Å². The zero-order valence-corrected chi connectivity index (χ0v) is 11.0. The molecule has 3 rings (SSSR count). The third-order valence-corrected chi connectivity index (χ3v) is 3.85. The third kappa shape index (κ3) is 1.53. The van der Waals surface area contributed by atoms with Gasteiger partial charge in [-0.25, -0.2) is 0 Å². The Morgan fingerprint density at radius 3 is 2.59 bits per heavy atom. The summed E-state index contributed by atoms with van der Waals surface area (Å²) in [6.07, 6.45) is 1.10. The molecule has 0 unspecified atom stereocenters. The maximum Gasteiger partial charge on any atom is 0.0237 e. The monoisotopic (exact) mass is 225 g/mol. The molecule has 17 heavy (non-hydrogen) atoms. The van der Waals surface area contributed by atoms with Gasteiger partial charge in [0.05, 0.1) is 0 Å². The molecule has 0 bridgehead atoms. The van der Waals surface area contributed by atoms with E-state index in [1.54, 1.807) is 0 Å². The largest absolute Gasteiger partial charge is 0.362 e. The number of benzene rings is 1. The molecule has 0 aliphatic heterocycles. The highest BCUT2D eigenvalue weighted by atomic mass is 14.7. The van der Waals surface area contributed by atoms with Gasteiger partial charge < -0.3 is 4.98 Å². The van der Waals surface area contributed by atoms with Gasteiger partial charge in [0.1, 0.15) is 0 Å². The highest BCUT2D eigenvalue weighted by molar-refractivity contribution is 5.75. The van der Waals surface area contributed by atoms with Crippen LogP contribution < -0.4 is 0 Å². The van der Waals surface area contributed by atoms with Crippen LogP contribution in [-0.2, 0) is 11.8 Å². The molecule has 0 atom stereocenters. The van der Waals surface area contributed by atoms with Crippen molar-refractivity contribution in [1.29, 1.82) is 0 Å². The van der Waals surface area contributed by atoms with E-state index in [0.29, 0.717) is 0 Å². The van der Waals surface area contributed by atoms with E-state index in [2.05, 4.69) is 56.9 Å². The number of hydrogen-bond acceptors (Lipinski definition) is 0. The first-order valence-electron chi connectivity index (χ1n) is 6.27. The van der Waals surface area contributed by atoms with Crippen LogP contribution in [0, 0.1) is 13.8 Å². The van der Waals surface area contributed by atoms with Gasteiger partial charge >= 0.3 is 0 Å². The first-order valence-corrected chi connectivity index (χ1v) is 6.27. The summed E-state index contributed by atoms with van der Waals surface area (Å²) in [5.74, 6) is 0. The summed E-state index contributed by atoms with van der Waals surface area (Å²) in [7, 11) is 0. The van der Waals surface area contributed by atoms with Crippen LogP contribution in [0.15, 0.2) is 24.3 Å². The lowest BCUT2D eigenvalue weighted by Gasteiger charge is -2.32. The van der Waals surface area contributed by atoms with Crippen LogP contribution in [0.2, 0.25) is 0 Å². The highest BCUT2D eigenvalue weighted by Gasteiger charge is 2.31. The number of rotatable bonds is 0. The van der Waals surface area contributed by atoms with Crippen LogP contribution in [0.1, 0.15) is 36.4 Å². The van der Waals surface area contributed by atoms with Crippen LogP contribution in [0.5, 0.6) is 0 Å². The van der Waals surface area contributed by atoms with Gasteiger partial charge in [-0.2, -0.15) is 0 Å². The molecule has 1 heterocycles. The van der Waals surface area contributed by atoms with Crippen molar-refractivity contribution in [2.75, 3.05) is 0 Å². The van der Waals surface area contributed by atoms with Gasteiger partial charge in [-0.05, 0) is 42.9 Å². The lowest BCUT2D eigenvalue weighted by molar-refractivity contribution is 0.511. The Kier molecular flexibility index (Phi) is 2.04. The second kappa shape index (κ2) is 3.25. The molecule has 0 spiro atoms. The maximum atomic E-state index is 3.51. The van der Waals surface area contributed by atoms with Crippen LogP contribution in [0.4, 0.5) is 0 Å². The smallest absolute Gasteiger partial charge is 0.0237 e. The second-order valence-corrected chi connectivity index (χ2v) is 5.95. The van der Waals surface area contributed by atoms with E-state index >= 15 is 0 Å². The van der Waals surface area contributed by atoms with E-state index in [-0.39, 0.29) is 5.41 Å². The SMILES string of the molecule is Cc1ccc2c(c1)C(C)(C)Cc1[nH]c(C)cc1-2. The van der Waals surface area contributed by atoms with Gasteiger partial charge in [-0.1, -0.05) is 37.6 Å². The quantitative estimate of drug-likeness (QED) is 0.693. The van der Waals surface area contributed by atoms with Crippen LogP contribution in [0.3, 0.4) is 0 Å². The molecule has 0 saturated heterocycles. The Balaban J connectivity index is 2.32. The van der Waals surface area contributed by atoms with Crippen molar-refractivity contribution in [3.05, 3.63) is 46.8 Å². The zero-order valence-electron chi connectivity index (χ0n) is 11.0. The molecule has 1 heteroatoms. The molecule has 1 nitrogen and oxygen atoms in total. The lowest BCUT2D eigenvalue weighted by atomic mass is 9.72. The average molecular weight is 225 g/mol. The summed E-state index contributed by atoms with van der Waals surface area (Å²) < 4.78 is 0. The maximum absolute atomic E-state index is 3.51. The van der Waals surface area contributed by atoms with E-state index in [4.69, 9.17) is 0 Å². The van der Waals surface area contributed by atoms with Crippen molar-refractivity contribution in [3.63, 3.8) is 0 Å². The number of aromatic amines is 1. The van der Waals surface area contributed by atoms with Crippen molar-refractivity contribution >= 4 is 0 Å². The van der Waals surface area contributed by atoms with Crippen LogP contribution in [0.25, 0.3) is 11.1 Å². The molecule has 1 aliphatic carbocycles. The molecule has 1 aromatic carbocycles. The second-order valence-electron chi connectivity index (χ2n) is 5.95. The van der Waals surface area contributed by atoms with Gasteiger partial charge in [-0.3, -0.25) is 0 Å². The fourth-order valence-electron chi connectivity index (χ4n) is 3.01. The summed E-state index contributed by atoms with van der Waals surface area (Å²) >= 11 is 0. The van der Waals surface area contributed by atoms with E-state index in [1.165, 1.54) is 33.6 Å². The number of H-pyrrole nitrogens is 1. The summed E-state index contributed by atoms with van der Waals surface area (Å²) in [6.45, 7) is 8.99. The minimum atomic E-state index is 0.228. The summed E-state index contributed by atoms with van der Waals surface area (Å²) in [5.41, 5.74) is 8.54. The van der Waals surface area contributed by atoms with Crippen molar-refractivity contribution in [2.45, 2.75) is 39.5 Å². The number of aryl methyl sites for hydroxylation is 2. The topological polar surface area (TPSA) is 15.8 Å². The number of fused-ring (bicyclic) bond motifs is 3. The molecule has 1 N–H and O–H groups in total. The van der Waals surface area contributed by atoms with E-state index in [9.17, 15) is 0 Å². The number of nitrogens with one attached hydrogen (secondary N) is 1. The summed E-state index contributed by atoms with van der Waals surface area (Å²) in [4.78, 5) is 3.51. The summed E-state index contributed by atoms with van der Waals surface area (Å²) in [6, 6.07) is 9.11. The summed E-state index contributed by atoms with van der Waals surface area (Å²) in [5, 5.41) is 0. The Bertz CT molecular complexity index is 588. The van der Waals surface area contributed by atoms with E-state index in [1.807, 2.05) is 0 Å². The first-order chi connectivity index (χ1) is 7.97. The van der Waals surface area contributed by atoms with Crippen molar-refractivity contribution in [3.8, 4) is 11.1 Å². The van der Waals surface area contributed by atoms with Gasteiger partial charge in [0, 0.05) is 17.0 Å². The van der Waals surface area contributed by atoms with E-state index in [0.717, 1.165) is 6.42 Å². The Morgan fingerprint density at radius 1 is 1.06 bits per heavy atom. The molecular weight excluding hydrogens is 206 g/mol. The van der Waals surface area contributed by atoms with Gasteiger partial charge in [-0.15, -0.1) is 0 Å². The predicted molar refractivity (Wildman–Crippen MR) is 72.4 cm³/mol. The highest BCUT2D eigenvalue weighted by Crippen LogP contribution is 2.43. The standard InChI is InChI=1S/C16H19N/c1-10-5-6-12-13-8-11(2)17-15(13)9-16(3,4)14(12)7-10/h5-8,17H,9H2,1-4H3. The van der Waals surface area contributed by atoms with Gasteiger partial charge in [0.15, 0.2) is 0 Å². The Morgan fingerprint density at radius 2 is 1.82 bits per heavy atom. The molecule has 88 valence electrons. The van der Waals surface area contributed by atoms with Crippen molar-refractivity contribution < 1.29 is 0 Å². The van der Waals surface area contributed by atoms with Crippen molar-refractivity contribution in [1.82, 2.24) is 4.98 Å². The molecule has 0 radical (unpaired) electrons. The predicted octanol–water partition coefficient (Wildman–Crippen LogP) is 4.13. The molecule has 1 aliphatic rings. The average Bonchev–Trinajstić information content (AvgIpc) is 2.58. The lowest BCUT2D eigenvalue weighted by Crippen LogP contribution is -2.25. The normalized spacial score (nSPS) is 16.5. The molecule has 0 amide bonds. The minimum Gasteiger partial charge on any atom is -0.362 e. The molecule has 0 saturated carbocycles. The fourth-order valence-corrected chi connectivity index (χ4v) is 3.01. The van der Waals surface area contributed by atoms with Crippen molar-refractivity contribution in [2.24, 2.45) is 0 Å². The third-order valence-electron chi connectivity index (χ3n) is 3.85. The van der Waals surface area contributed by atoms with E-state index < -0.39 is 0 Å². The fraction of sp³-hybridized carbons (Fsp3) is 0.375. The van der Waals surface area contributed by atoms with Crippen LogP contribution >= 0.6 is 0 Å². The van der Waals surface area contributed by atoms with Gasteiger partial charge in [0.2, 0.25) is 0 Å². The molecule has 0 fully saturated rings. The zero-order chi connectivity index (χ0) is 12.2. The number of hydrogen-bond donors (Lipinski definition) is 1. The Hall–Kier alpha value is -1.50. The number of aromatic nitrogens is 1. The van der Waals surface area contributed by atoms with Gasteiger partial charge in [0.25, 0.3) is 0 Å².